The maximum Gasteiger partial charge on any atom is 0.303 e. The summed E-state index contributed by atoms with van der Waals surface area (Å²) >= 11 is 9.88. The topological polar surface area (TPSA) is 246 Å². The number of thiazole rings is 2. The summed E-state index contributed by atoms with van der Waals surface area (Å²) in [6.45, 7) is 2.74. The van der Waals surface area contributed by atoms with Gasteiger partial charge < -0.3 is 21.1 Å². The third-order valence-electron chi connectivity index (χ3n) is 9.56. The molecular weight excluding hydrogens is 922 g/mol. The zero-order valence-corrected chi connectivity index (χ0v) is 37.9. The van der Waals surface area contributed by atoms with Crippen molar-refractivity contribution < 1.29 is 14.3 Å². The molecule has 334 valence electrons. The van der Waals surface area contributed by atoms with Gasteiger partial charge >= 0.3 is 5.91 Å². The molecule has 0 saturated heterocycles. The molecule has 2 amide bonds. The molecule has 0 saturated carbocycles. The molecule has 5 N–H and O–H groups in total. The number of amides is 2. The Morgan fingerprint density at radius 1 is 0.924 bits per heavy atom. The van der Waals surface area contributed by atoms with Gasteiger partial charge in [0, 0.05) is 53.1 Å². The van der Waals surface area contributed by atoms with E-state index in [1.54, 1.807) is 9.36 Å². The van der Waals surface area contributed by atoms with Crippen molar-refractivity contribution in [3.05, 3.63) is 129 Å². The summed E-state index contributed by atoms with van der Waals surface area (Å²) in [7, 11) is 0. The summed E-state index contributed by atoms with van der Waals surface area (Å²) in [6, 6.07) is 26.5. The van der Waals surface area contributed by atoms with Crippen LogP contribution >= 0.6 is 46.0 Å². The lowest BCUT2D eigenvalue weighted by molar-refractivity contribution is -0.112. The number of halogens is 1. The molecule has 5 aromatic heterocycles. The molecule has 0 spiro atoms. The Hall–Kier alpha value is -7.02. The number of fused-ring (bicyclic) bond motifs is 1. The molecule has 6 heterocycles. The van der Waals surface area contributed by atoms with Gasteiger partial charge in [-0.3, -0.25) is 15.0 Å². The number of carbonyl (C=O) groups is 2. The normalized spacial score (nSPS) is 13.2. The highest BCUT2D eigenvalue weighted by atomic mass is 35.5. The van der Waals surface area contributed by atoms with Crippen molar-refractivity contribution in [2.75, 3.05) is 48.6 Å². The number of aromatic nitrogens is 10. The summed E-state index contributed by atoms with van der Waals surface area (Å²) in [5.41, 5.74) is 14.3. The first kappa shape index (κ1) is 44.2. The third kappa shape index (κ3) is 10.6. The fourth-order valence-electron chi connectivity index (χ4n) is 6.37. The van der Waals surface area contributed by atoms with Crippen molar-refractivity contribution in [2.24, 2.45) is 15.9 Å². The zero-order chi connectivity index (χ0) is 45.2. The third-order valence-corrected chi connectivity index (χ3v) is 12.4. The van der Waals surface area contributed by atoms with Crippen LogP contribution in [0.5, 0.6) is 0 Å². The number of nitrogens with one attached hydrogen (secondary N) is 3. The van der Waals surface area contributed by atoms with E-state index in [0.717, 1.165) is 33.9 Å². The zero-order valence-electron chi connectivity index (χ0n) is 34.7. The SMILES string of the molecule is NCCNc1nc(SCc2cn(CCOCCNC(=O)c3cnc(N/N=C4/C(=O)N(c5nc(-c6ccccc6)cs5)N=C4c4ccccc4)s3)nn2)nc2c1nnn2Cc1ccc(Cl)cc1. The van der Waals surface area contributed by atoms with Crippen molar-refractivity contribution in [1.82, 2.24) is 55.2 Å². The molecule has 20 nitrogen and oxygen atoms in total. The van der Waals surface area contributed by atoms with Crippen molar-refractivity contribution in [3.8, 4) is 11.3 Å². The molecule has 1 aliphatic heterocycles. The largest absolute Gasteiger partial charge is 0.378 e. The highest BCUT2D eigenvalue weighted by Crippen LogP contribution is 2.31. The fourth-order valence-corrected chi connectivity index (χ4v) is 8.67. The first-order valence-corrected chi connectivity index (χ1v) is 23.4. The molecule has 0 fully saturated rings. The lowest BCUT2D eigenvalue weighted by Crippen LogP contribution is -2.28. The highest BCUT2D eigenvalue weighted by Gasteiger charge is 2.36. The predicted octanol–water partition coefficient (Wildman–Crippen LogP) is 5.42. The van der Waals surface area contributed by atoms with Crippen LogP contribution in [-0.2, 0) is 28.4 Å². The lowest BCUT2D eigenvalue weighted by Gasteiger charge is -2.08. The van der Waals surface area contributed by atoms with Crippen LogP contribution in [0.2, 0.25) is 5.02 Å². The van der Waals surface area contributed by atoms with Crippen LogP contribution in [0.15, 0.2) is 118 Å². The first-order valence-electron chi connectivity index (χ1n) is 20.3. The molecule has 0 bridgehead atoms. The van der Waals surface area contributed by atoms with Gasteiger partial charge in [0.25, 0.3) is 5.91 Å². The van der Waals surface area contributed by atoms with Gasteiger partial charge in [-0.25, -0.2) is 29.3 Å². The van der Waals surface area contributed by atoms with Gasteiger partial charge in [-0.15, -0.1) is 21.5 Å². The Bertz CT molecular complexity index is 3010. The first-order chi connectivity index (χ1) is 32.4. The molecule has 0 atom stereocenters. The Labute approximate surface area is 393 Å². The fraction of sp³-hybridized carbons (Fsp3) is 0.190. The molecule has 24 heteroatoms. The molecule has 0 aliphatic carbocycles. The van der Waals surface area contributed by atoms with Crippen LogP contribution in [0, 0.1) is 0 Å². The Morgan fingerprint density at radius 3 is 2.53 bits per heavy atom. The second-order valence-corrected chi connectivity index (χ2v) is 17.4. The van der Waals surface area contributed by atoms with Gasteiger partial charge in [0.1, 0.15) is 10.6 Å². The monoisotopic (exact) mass is 959 g/mol. The van der Waals surface area contributed by atoms with E-state index in [0.29, 0.717) is 92.1 Å². The number of hydrogen-bond donors (Lipinski definition) is 4. The summed E-state index contributed by atoms with van der Waals surface area (Å²) < 4.78 is 9.18. The van der Waals surface area contributed by atoms with Gasteiger partial charge in [0.2, 0.25) is 10.3 Å². The number of nitrogens with two attached hydrogens (primary N) is 1. The Kier molecular flexibility index (Phi) is 14.0. The standard InChI is InChI=1S/C42H38ClN17O3S3/c43-29-13-11-26(12-14-29)22-59-37-35(53-57-59)36(45-16-15-44)49-41(50-37)64-24-30-23-58(56-51-30)18-20-63-19-17-46-38(61)32-21-47-40(66-32)54-52-34-33(28-9-5-2-6-10-28)55-60(39(34)62)42-48-31(25-65-42)27-7-3-1-4-8-27/h1-14,21,23,25H,15-20,22,24,44H2,(H,46,61)(H,47,54)(H,45,49,50)/b52-34+. The quantitative estimate of drug-likeness (QED) is 0.0322. The van der Waals surface area contributed by atoms with Crippen LogP contribution in [0.4, 0.5) is 16.1 Å². The number of carbonyl (C=O) groups excluding carboxylic acids is 2. The second kappa shape index (κ2) is 20.9. The number of anilines is 3. The van der Waals surface area contributed by atoms with Crippen molar-refractivity contribution >= 4 is 96.5 Å². The Morgan fingerprint density at radius 2 is 1.73 bits per heavy atom. The van der Waals surface area contributed by atoms with Gasteiger partial charge in [-0.1, -0.05) is 118 Å². The van der Waals surface area contributed by atoms with E-state index >= 15 is 0 Å². The highest BCUT2D eigenvalue weighted by molar-refractivity contribution is 7.98. The van der Waals surface area contributed by atoms with E-state index in [1.807, 2.05) is 96.5 Å². The van der Waals surface area contributed by atoms with E-state index in [9.17, 15) is 9.59 Å². The summed E-state index contributed by atoms with van der Waals surface area (Å²) in [5.74, 6) is 0.249. The molecule has 0 unspecified atom stereocenters. The number of nitrogens with zero attached hydrogens (tertiary/aromatic N) is 13. The van der Waals surface area contributed by atoms with Crippen molar-refractivity contribution in [1.29, 1.82) is 0 Å². The maximum absolute atomic E-state index is 13.7. The molecule has 66 heavy (non-hydrogen) atoms. The van der Waals surface area contributed by atoms with Crippen molar-refractivity contribution in [3.63, 3.8) is 0 Å². The molecular formula is C42H38ClN17O3S3. The van der Waals surface area contributed by atoms with Crippen LogP contribution in [0.1, 0.15) is 26.5 Å². The lowest BCUT2D eigenvalue weighted by atomic mass is 10.1. The van der Waals surface area contributed by atoms with Crippen molar-refractivity contribution in [2.45, 2.75) is 24.0 Å². The predicted molar refractivity (Wildman–Crippen MR) is 255 cm³/mol. The number of thioether (sulfide) groups is 1. The second-order valence-electron chi connectivity index (χ2n) is 14.2. The molecule has 1 aliphatic rings. The van der Waals surface area contributed by atoms with Gasteiger partial charge in [0.15, 0.2) is 27.8 Å². The minimum absolute atomic E-state index is 0.0829. The van der Waals surface area contributed by atoms with E-state index in [1.165, 1.54) is 34.3 Å². The van der Waals surface area contributed by atoms with Gasteiger partial charge in [-0.2, -0.15) is 15.2 Å². The van der Waals surface area contributed by atoms with Crippen LogP contribution in [0.25, 0.3) is 22.4 Å². The molecule has 0 radical (unpaired) electrons. The summed E-state index contributed by atoms with van der Waals surface area (Å²) in [4.78, 5) is 45.4. The van der Waals surface area contributed by atoms with Crippen LogP contribution in [0.3, 0.4) is 0 Å². The minimum Gasteiger partial charge on any atom is -0.378 e. The molecule has 8 aromatic rings. The number of ether oxygens (including phenoxy) is 1. The van der Waals surface area contributed by atoms with E-state index in [-0.39, 0.29) is 24.8 Å². The number of rotatable bonds is 20. The summed E-state index contributed by atoms with van der Waals surface area (Å²) in [6.07, 6.45) is 3.28. The van der Waals surface area contributed by atoms with Gasteiger partial charge in [0.05, 0.1) is 43.9 Å². The molecule has 9 rings (SSSR count). The number of hydrogen-bond acceptors (Lipinski definition) is 19. The number of hydrazone groups is 2. The summed E-state index contributed by atoms with van der Waals surface area (Å²) in [5, 5.41) is 37.3. The smallest absolute Gasteiger partial charge is 0.303 e. The average molecular weight is 961 g/mol. The van der Waals surface area contributed by atoms with E-state index in [4.69, 9.17) is 27.1 Å². The van der Waals surface area contributed by atoms with Crippen LogP contribution in [-0.4, -0.2) is 106 Å². The molecule has 3 aromatic carbocycles. The average Bonchev–Trinajstić information content (AvgIpc) is 4.21. The van der Waals surface area contributed by atoms with Gasteiger partial charge in [-0.05, 0) is 17.7 Å². The minimum atomic E-state index is -0.451. The van der Waals surface area contributed by atoms with Crippen LogP contribution < -0.4 is 26.8 Å². The maximum atomic E-state index is 13.7. The number of benzene rings is 3. The van der Waals surface area contributed by atoms with E-state index < -0.39 is 5.91 Å². The van der Waals surface area contributed by atoms with E-state index in [2.05, 4.69) is 61.8 Å². The Balaban J connectivity index is 0.737.